The second-order valence-corrected chi connectivity index (χ2v) is 4.35. The third-order valence-corrected chi connectivity index (χ3v) is 3.26. The highest BCUT2D eigenvalue weighted by molar-refractivity contribution is 6.33. The van der Waals surface area contributed by atoms with Gasteiger partial charge in [-0.3, -0.25) is 0 Å². The van der Waals surface area contributed by atoms with Crippen molar-refractivity contribution in [2.75, 3.05) is 14.2 Å². The van der Waals surface area contributed by atoms with Crippen molar-refractivity contribution in [2.45, 2.75) is 18.4 Å². The minimum Gasteiger partial charge on any atom is -0.506 e. The number of halogens is 1. The Morgan fingerprint density at radius 1 is 1.38 bits per heavy atom. The molecule has 0 aromatic heterocycles. The van der Waals surface area contributed by atoms with E-state index in [1.54, 1.807) is 0 Å². The lowest BCUT2D eigenvalue weighted by atomic mass is 10.0. The molecule has 0 spiro atoms. The van der Waals surface area contributed by atoms with E-state index in [0.29, 0.717) is 17.1 Å². The first-order valence-corrected chi connectivity index (χ1v) is 5.34. The molecular weight excluding hydrogens is 230 g/mol. The van der Waals surface area contributed by atoms with E-state index in [1.807, 2.05) is 0 Å². The molecule has 16 heavy (non-hydrogen) atoms. The standard InChI is InChI=1S/C11H14ClNO3/c1-15-7-5-6(14)9(12)8(10(7)16-2)11(13)3-4-11/h5,14H,3-4,13H2,1-2H3. The van der Waals surface area contributed by atoms with Crippen molar-refractivity contribution in [3.8, 4) is 17.2 Å². The molecule has 0 heterocycles. The Balaban J connectivity index is 2.67. The van der Waals surface area contributed by atoms with Crippen molar-refractivity contribution in [2.24, 2.45) is 5.73 Å². The molecule has 0 amide bonds. The number of hydrogen-bond donors (Lipinski definition) is 2. The smallest absolute Gasteiger partial charge is 0.167 e. The summed E-state index contributed by atoms with van der Waals surface area (Å²) >= 11 is 6.07. The summed E-state index contributed by atoms with van der Waals surface area (Å²) in [5.41, 5.74) is 6.25. The summed E-state index contributed by atoms with van der Waals surface area (Å²) < 4.78 is 10.4. The highest BCUT2D eigenvalue weighted by Crippen LogP contribution is 2.54. The lowest BCUT2D eigenvalue weighted by Crippen LogP contribution is -2.20. The van der Waals surface area contributed by atoms with Crippen LogP contribution < -0.4 is 15.2 Å². The van der Waals surface area contributed by atoms with Crippen LogP contribution in [-0.2, 0) is 5.54 Å². The molecule has 88 valence electrons. The van der Waals surface area contributed by atoms with E-state index in [2.05, 4.69) is 0 Å². The SMILES string of the molecule is COc1cc(O)c(Cl)c(C2(N)CC2)c1OC. The largest absolute Gasteiger partial charge is 0.506 e. The van der Waals surface area contributed by atoms with E-state index in [0.717, 1.165) is 12.8 Å². The van der Waals surface area contributed by atoms with Crippen LogP contribution in [0.3, 0.4) is 0 Å². The zero-order chi connectivity index (χ0) is 11.9. The molecule has 1 aliphatic rings. The van der Waals surface area contributed by atoms with Gasteiger partial charge in [-0.25, -0.2) is 0 Å². The molecular formula is C11H14ClNO3. The van der Waals surface area contributed by atoms with Gasteiger partial charge in [-0.2, -0.15) is 0 Å². The molecule has 4 nitrogen and oxygen atoms in total. The first-order chi connectivity index (χ1) is 7.53. The number of phenolic OH excluding ortho intramolecular Hbond substituents is 1. The molecule has 1 aromatic rings. The fraction of sp³-hybridized carbons (Fsp3) is 0.455. The molecule has 3 N–H and O–H groups in total. The normalized spacial score (nSPS) is 17.0. The Morgan fingerprint density at radius 3 is 2.44 bits per heavy atom. The summed E-state index contributed by atoms with van der Waals surface area (Å²) in [5.74, 6) is 0.910. The number of methoxy groups -OCH3 is 2. The summed E-state index contributed by atoms with van der Waals surface area (Å²) in [7, 11) is 3.03. The number of ether oxygens (including phenoxy) is 2. The zero-order valence-corrected chi connectivity index (χ0v) is 9.97. The molecule has 1 aliphatic carbocycles. The highest BCUT2D eigenvalue weighted by Gasteiger charge is 2.45. The van der Waals surface area contributed by atoms with Crippen molar-refractivity contribution < 1.29 is 14.6 Å². The third kappa shape index (κ3) is 1.58. The van der Waals surface area contributed by atoms with Gasteiger partial charge >= 0.3 is 0 Å². The molecule has 0 radical (unpaired) electrons. The second-order valence-electron chi connectivity index (χ2n) is 3.98. The Kier molecular flexibility index (Phi) is 2.64. The van der Waals surface area contributed by atoms with Gasteiger partial charge in [0.05, 0.1) is 19.2 Å². The van der Waals surface area contributed by atoms with Gasteiger partial charge in [-0.15, -0.1) is 0 Å². The predicted octanol–water partition coefficient (Wildman–Crippen LogP) is 2.01. The van der Waals surface area contributed by atoms with Crippen molar-refractivity contribution in [1.82, 2.24) is 0 Å². The summed E-state index contributed by atoms with van der Waals surface area (Å²) in [6.07, 6.45) is 1.66. The van der Waals surface area contributed by atoms with Crippen LogP contribution in [0.25, 0.3) is 0 Å². The molecule has 1 aromatic carbocycles. The number of phenols is 1. The fourth-order valence-corrected chi connectivity index (χ4v) is 2.12. The second kappa shape index (κ2) is 3.71. The maximum Gasteiger partial charge on any atom is 0.167 e. The van der Waals surface area contributed by atoms with Crippen LogP contribution in [0, 0.1) is 0 Å². The lowest BCUT2D eigenvalue weighted by Gasteiger charge is -2.19. The van der Waals surface area contributed by atoms with Crippen LogP contribution in [-0.4, -0.2) is 19.3 Å². The maximum atomic E-state index is 9.70. The molecule has 5 heteroatoms. The zero-order valence-electron chi connectivity index (χ0n) is 9.21. The van der Waals surface area contributed by atoms with Gasteiger partial charge in [0, 0.05) is 17.2 Å². The van der Waals surface area contributed by atoms with Gasteiger partial charge < -0.3 is 20.3 Å². The minimum atomic E-state index is -0.492. The average Bonchev–Trinajstić information content (AvgIpc) is 3.00. The average molecular weight is 244 g/mol. The number of hydrogen-bond acceptors (Lipinski definition) is 4. The van der Waals surface area contributed by atoms with Crippen LogP contribution in [0.4, 0.5) is 0 Å². The molecule has 0 unspecified atom stereocenters. The Bertz CT molecular complexity index is 430. The van der Waals surface area contributed by atoms with E-state index in [1.165, 1.54) is 20.3 Å². The van der Waals surface area contributed by atoms with E-state index in [4.69, 9.17) is 26.8 Å². The summed E-state index contributed by atoms with van der Waals surface area (Å²) in [5, 5.41) is 9.95. The Morgan fingerprint density at radius 2 is 2.00 bits per heavy atom. The van der Waals surface area contributed by atoms with Crippen molar-refractivity contribution in [1.29, 1.82) is 0 Å². The van der Waals surface area contributed by atoms with Crippen LogP contribution >= 0.6 is 11.6 Å². The van der Waals surface area contributed by atoms with Crippen LogP contribution in [0.15, 0.2) is 6.07 Å². The minimum absolute atomic E-state index is 0.0361. The number of benzene rings is 1. The number of nitrogens with two attached hydrogens (primary N) is 1. The fourth-order valence-electron chi connectivity index (χ4n) is 1.79. The molecule has 1 saturated carbocycles. The first kappa shape index (κ1) is 11.4. The van der Waals surface area contributed by atoms with E-state index in [-0.39, 0.29) is 10.8 Å². The number of rotatable bonds is 3. The lowest BCUT2D eigenvalue weighted by molar-refractivity contribution is 0.345. The molecule has 1 fully saturated rings. The molecule has 0 aliphatic heterocycles. The highest BCUT2D eigenvalue weighted by atomic mass is 35.5. The van der Waals surface area contributed by atoms with Crippen LogP contribution in [0.2, 0.25) is 5.02 Å². The van der Waals surface area contributed by atoms with Gasteiger partial charge in [-0.05, 0) is 12.8 Å². The number of aromatic hydroxyl groups is 1. The Labute approximate surface area is 98.9 Å². The van der Waals surface area contributed by atoms with E-state index < -0.39 is 5.54 Å². The topological polar surface area (TPSA) is 64.7 Å². The predicted molar refractivity (Wildman–Crippen MR) is 61.3 cm³/mol. The molecule has 2 rings (SSSR count). The summed E-state index contributed by atoms with van der Waals surface area (Å²) in [6, 6.07) is 1.43. The van der Waals surface area contributed by atoms with Crippen molar-refractivity contribution in [3.05, 3.63) is 16.7 Å². The van der Waals surface area contributed by atoms with Crippen LogP contribution in [0.5, 0.6) is 17.2 Å². The third-order valence-electron chi connectivity index (χ3n) is 2.87. The van der Waals surface area contributed by atoms with Crippen molar-refractivity contribution in [3.63, 3.8) is 0 Å². The van der Waals surface area contributed by atoms with Gasteiger partial charge in [0.15, 0.2) is 11.5 Å². The van der Waals surface area contributed by atoms with Gasteiger partial charge in [0.2, 0.25) is 0 Å². The van der Waals surface area contributed by atoms with E-state index >= 15 is 0 Å². The summed E-state index contributed by atoms with van der Waals surface area (Å²) in [6.45, 7) is 0. The monoisotopic (exact) mass is 243 g/mol. The molecule has 0 saturated heterocycles. The quantitative estimate of drug-likeness (QED) is 0.853. The van der Waals surface area contributed by atoms with E-state index in [9.17, 15) is 5.11 Å². The van der Waals surface area contributed by atoms with Gasteiger partial charge in [-0.1, -0.05) is 11.6 Å². The molecule has 0 bridgehead atoms. The van der Waals surface area contributed by atoms with Crippen LogP contribution in [0.1, 0.15) is 18.4 Å². The van der Waals surface area contributed by atoms with Crippen molar-refractivity contribution >= 4 is 11.6 Å². The summed E-state index contributed by atoms with van der Waals surface area (Å²) in [4.78, 5) is 0. The Hall–Kier alpha value is -1.13. The van der Waals surface area contributed by atoms with Gasteiger partial charge in [0.1, 0.15) is 5.75 Å². The molecule has 0 atom stereocenters. The maximum absolute atomic E-state index is 9.70. The van der Waals surface area contributed by atoms with Gasteiger partial charge in [0.25, 0.3) is 0 Å². The first-order valence-electron chi connectivity index (χ1n) is 4.96.